The first-order valence-corrected chi connectivity index (χ1v) is 24.4. The zero-order chi connectivity index (χ0) is 54.9. The third-order valence-electron chi connectivity index (χ3n) is 12.1. The Balaban J connectivity index is 2.09. The number of aliphatic carboxylic acids is 2. The maximum Gasteiger partial charge on any atom is 0.326 e. The van der Waals surface area contributed by atoms with Crippen LogP contribution in [0.3, 0.4) is 0 Å². The largest absolute Gasteiger partial charge is 0.480 e. The molecule has 7 amide bonds. The molecule has 0 aliphatic carbocycles. The van der Waals surface area contributed by atoms with Crippen LogP contribution in [0.15, 0.2) is 101 Å². The number of nitrogens with one attached hydrogen (secondary N) is 7. The van der Waals surface area contributed by atoms with E-state index in [0.29, 0.717) is 12.0 Å². The van der Waals surface area contributed by atoms with Gasteiger partial charge in [-0.25, -0.2) is 9.59 Å². The van der Waals surface area contributed by atoms with Gasteiger partial charge in [-0.05, 0) is 70.4 Å². The van der Waals surface area contributed by atoms with Crippen molar-refractivity contribution >= 4 is 59.2 Å². The number of hydrogen-bond donors (Lipinski definition) is 11. The van der Waals surface area contributed by atoms with E-state index in [-0.39, 0.29) is 55.9 Å². The number of aliphatic imine (C=N–C) groups is 1. The van der Waals surface area contributed by atoms with E-state index in [1.807, 2.05) is 43.3 Å². The van der Waals surface area contributed by atoms with E-state index in [1.54, 1.807) is 50.4 Å². The number of carboxylic acids is 2. The minimum absolute atomic E-state index is 0.0237. The predicted octanol–water partition coefficient (Wildman–Crippen LogP) is 1.01. The molecule has 0 unspecified atom stereocenters. The van der Waals surface area contributed by atoms with Crippen molar-refractivity contribution < 1.29 is 58.1 Å². The van der Waals surface area contributed by atoms with Crippen molar-refractivity contribution in [3.05, 3.63) is 107 Å². The Labute approximate surface area is 431 Å². The number of allylic oxidation sites excluding steroid dienone is 3. The number of hydrogen-bond acceptors (Lipinski definition) is 11. The molecule has 2 aromatic carbocycles. The van der Waals surface area contributed by atoms with Crippen LogP contribution >= 0.6 is 0 Å². The van der Waals surface area contributed by atoms with Crippen LogP contribution in [-0.4, -0.2) is 125 Å². The summed E-state index contributed by atoms with van der Waals surface area (Å²) in [5, 5.41) is 37.9. The number of methoxy groups -OCH3 is 1. The molecule has 0 bridgehead atoms. The molecule has 0 aromatic heterocycles. The molecule has 0 saturated carbocycles. The monoisotopic (exact) mass is 1030 g/mol. The van der Waals surface area contributed by atoms with Crippen molar-refractivity contribution in [1.29, 1.82) is 0 Å². The van der Waals surface area contributed by atoms with Gasteiger partial charge in [-0.1, -0.05) is 104 Å². The van der Waals surface area contributed by atoms with Gasteiger partial charge in [0.05, 0.1) is 24.5 Å². The Hall–Kier alpha value is -7.88. The summed E-state index contributed by atoms with van der Waals surface area (Å²) in [6.45, 7) is 7.97. The average molecular weight is 1030 g/mol. The molecule has 22 heteroatoms. The van der Waals surface area contributed by atoms with Gasteiger partial charge >= 0.3 is 11.9 Å². The Kier molecular flexibility index (Phi) is 25.2. The van der Waals surface area contributed by atoms with E-state index in [2.05, 4.69) is 42.2 Å². The predicted molar refractivity (Wildman–Crippen MR) is 275 cm³/mol. The molecule has 402 valence electrons. The summed E-state index contributed by atoms with van der Waals surface area (Å²) in [6.07, 6.45) is 5.19. The first-order chi connectivity index (χ1) is 35.1. The van der Waals surface area contributed by atoms with Gasteiger partial charge in [0.25, 0.3) is 5.91 Å². The van der Waals surface area contributed by atoms with Gasteiger partial charge in [-0.3, -0.25) is 38.6 Å². The standard InChI is InChI=1S/C52H72N10O12/c1-7-36-47(67)56-33(5)46(66)60-39(23-21-34-15-10-8-11-16-34)49(69)62-41(51(72)73)29-44(64)58-38(19-14-26-55-52(53)54)48(68)59-37(32(4)45(65)61-40(50(70)71)24-25-43(63)57-36)22-20-30(2)27-31(3)42(74-6)28-35-17-12-9-13-18-35/h7-13,15-18,20,22,27,31-33,37-42H,14,19,21,23-26,28-29H2,1-6H3,(H,56,67)(H,57,63)(H,58,64)(H,59,68)(H,60,66)(H,61,65)(H,62,69)(H,70,71)(H,72,73)(H4,53,54,55)/b22-20+,30-27+,36-7+/t31-,32-,33+,37-,38-,39-,40+,41+,42-/m0/s1. The molecule has 0 radical (unpaired) electrons. The fourth-order valence-corrected chi connectivity index (χ4v) is 7.78. The summed E-state index contributed by atoms with van der Waals surface area (Å²) in [6, 6.07) is 9.86. The zero-order valence-corrected chi connectivity index (χ0v) is 42.7. The third kappa shape index (κ3) is 21.1. The lowest BCUT2D eigenvalue weighted by atomic mass is 9.94. The van der Waals surface area contributed by atoms with Crippen LogP contribution in [0.4, 0.5) is 0 Å². The summed E-state index contributed by atoms with van der Waals surface area (Å²) in [4.78, 5) is 125. The first kappa shape index (κ1) is 60.4. The molecule has 1 heterocycles. The van der Waals surface area contributed by atoms with Crippen molar-refractivity contribution in [3.8, 4) is 0 Å². The second-order valence-corrected chi connectivity index (χ2v) is 18.1. The number of guanidine groups is 1. The van der Waals surface area contributed by atoms with Crippen LogP contribution in [0.1, 0.15) is 84.3 Å². The molecule has 1 aliphatic rings. The SMILES string of the molecule is C/C=C1/NC(=O)CC[C@H](C(=O)O)NC(=O)[C@@H](C)[C@H](/C=C/C(C)=C/[C@H](C)[C@H](Cc2ccccc2)OC)NC(=O)[C@H](CCCN=C(N)N)NC(=O)C[C@H](C(=O)O)NC(=O)[C@H](CCc2ccccc2)NC(=O)[C@@H](C)NC1=O. The molecule has 1 saturated heterocycles. The third-order valence-corrected chi connectivity index (χ3v) is 12.1. The summed E-state index contributed by atoms with van der Waals surface area (Å²) in [7, 11) is 1.61. The van der Waals surface area contributed by atoms with Crippen molar-refractivity contribution in [2.24, 2.45) is 28.3 Å². The molecular weight excluding hydrogens is 957 g/mol. The van der Waals surface area contributed by atoms with E-state index >= 15 is 0 Å². The molecule has 2 aromatic rings. The molecule has 1 fully saturated rings. The summed E-state index contributed by atoms with van der Waals surface area (Å²) < 4.78 is 5.82. The second kappa shape index (κ2) is 30.9. The molecular formula is C52H72N10O12. The highest BCUT2D eigenvalue weighted by Gasteiger charge is 2.34. The Bertz CT molecular complexity index is 2390. The number of nitrogens with two attached hydrogens (primary N) is 2. The van der Waals surface area contributed by atoms with Gasteiger partial charge in [-0.15, -0.1) is 0 Å². The number of carbonyl (C=O) groups is 9. The van der Waals surface area contributed by atoms with Crippen LogP contribution in [0.5, 0.6) is 0 Å². The number of benzene rings is 2. The zero-order valence-electron chi connectivity index (χ0n) is 42.7. The molecule has 22 nitrogen and oxygen atoms in total. The summed E-state index contributed by atoms with van der Waals surface area (Å²) in [5.74, 6) is -10.8. The molecule has 13 N–H and O–H groups in total. The van der Waals surface area contributed by atoms with Gasteiger partial charge in [0.1, 0.15) is 35.9 Å². The van der Waals surface area contributed by atoms with Crippen LogP contribution in [-0.2, 0) is 60.7 Å². The number of amides is 7. The summed E-state index contributed by atoms with van der Waals surface area (Å²) in [5.41, 5.74) is 13.3. The minimum Gasteiger partial charge on any atom is -0.480 e. The number of rotatable bonds is 16. The smallest absolute Gasteiger partial charge is 0.326 e. The first-order valence-electron chi connectivity index (χ1n) is 24.4. The maximum atomic E-state index is 14.3. The van der Waals surface area contributed by atoms with Gasteiger partial charge in [0.2, 0.25) is 35.4 Å². The lowest BCUT2D eigenvalue weighted by Crippen LogP contribution is -2.56. The highest BCUT2D eigenvalue weighted by Crippen LogP contribution is 2.18. The second-order valence-electron chi connectivity index (χ2n) is 18.1. The van der Waals surface area contributed by atoms with Crippen molar-refractivity contribution in [1.82, 2.24) is 37.2 Å². The molecule has 9 atom stereocenters. The number of carbonyl (C=O) groups excluding carboxylic acids is 7. The van der Waals surface area contributed by atoms with E-state index in [9.17, 15) is 53.4 Å². The minimum atomic E-state index is -1.87. The van der Waals surface area contributed by atoms with Crippen LogP contribution in [0, 0.1) is 11.8 Å². The van der Waals surface area contributed by atoms with E-state index in [0.717, 1.165) is 11.1 Å². The van der Waals surface area contributed by atoms with Crippen LogP contribution < -0.4 is 48.7 Å². The molecule has 1 aliphatic heterocycles. The average Bonchev–Trinajstić information content (AvgIpc) is 3.36. The van der Waals surface area contributed by atoms with Crippen molar-refractivity contribution in [2.75, 3.05) is 13.7 Å². The van der Waals surface area contributed by atoms with E-state index < -0.39 is 115 Å². The van der Waals surface area contributed by atoms with Gasteiger partial charge in [0, 0.05) is 26.0 Å². The van der Waals surface area contributed by atoms with Crippen molar-refractivity contribution in [3.63, 3.8) is 0 Å². The highest BCUT2D eigenvalue weighted by molar-refractivity contribution is 6.00. The Morgan fingerprint density at radius 2 is 1.36 bits per heavy atom. The van der Waals surface area contributed by atoms with Gasteiger partial charge in [0.15, 0.2) is 5.96 Å². The quantitative estimate of drug-likeness (QED) is 0.0368. The Morgan fingerprint density at radius 1 is 0.770 bits per heavy atom. The number of aryl methyl sites for hydroxylation is 1. The van der Waals surface area contributed by atoms with Gasteiger partial charge < -0.3 is 63.6 Å². The topological polar surface area (TPSA) is 352 Å². The van der Waals surface area contributed by atoms with Crippen LogP contribution in [0.25, 0.3) is 0 Å². The fraction of sp³-hybridized carbons (Fsp3) is 0.462. The number of ether oxygens (including phenoxy) is 1. The Morgan fingerprint density at radius 3 is 1.96 bits per heavy atom. The van der Waals surface area contributed by atoms with E-state index in [1.165, 1.54) is 32.9 Å². The maximum absolute atomic E-state index is 14.3. The molecule has 3 rings (SSSR count). The number of nitrogens with zero attached hydrogens (tertiary/aromatic N) is 1. The van der Waals surface area contributed by atoms with Crippen molar-refractivity contribution in [2.45, 2.75) is 128 Å². The lowest BCUT2D eigenvalue weighted by molar-refractivity contribution is -0.144. The number of carboxylic acid groups (broad SMARTS) is 2. The van der Waals surface area contributed by atoms with E-state index in [4.69, 9.17) is 16.2 Å². The fourth-order valence-electron chi connectivity index (χ4n) is 7.78. The highest BCUT2D eigenvalue weighted by atomic mass is 16.5. The normalized spacial score (nSPS) is 24.0. The van der Waals surface area contributed by atoms with Crippen LogP contribution in [0.2, 0.25) is 0 Å². The molecule has 74 heavy (non-hydrogen) atoms. The van der Waals surface area contributed by atoms with Gasteiger partial charge in [-0.2, -0.15) is 0 Å². The molecule has 0 spiro atoms. The lowest BCUT2D eigenvalue weighted by Gasteiger charge is -2.27. The summed E-state index contributed by atoms with van der Waals surface area (Å²) >= 11 is 0.